The van der Waals surface area contributed by atoms with E-state index in [0.29, 0.717) is 26.1 Å². The maximum absolute atomic E-state index is 13.4. The van der Waals surface area contributed by atoms with E-state index in [4.69, 9.17) is 4.74 Å². The molecule has 2 aromatic carbocycles. The van der Waals surface area contributed by atoms with Crippen molar-refractivity contribution in [3.63, 3.8) is 0 Å². The third kappa shape index (κ3) is 6.73. The average molecular weight is 452 g/mol. The van der Waals surface area contributed by atoms with E-state index in [9.17, 15) is 9.59 Å². The van der Waals surface area contributed by atoms with Gasteiger partial charge in [-0.25, -0.2) is 0 Å². The Morgan fingerprint density at radius 2 is 1.94 bits per heavy atom. The molecule has 178 valence electrons. The number of benzene rings is 2. The molecule has 1 fully saturated rings. The molecule has 2 amide bonds. The third-order valence-corrected chi connectivity index (χ3v) is 6.10. The molecule has 6 nitrogen and oxygen atoms in total. The topological polar surface area (TPSA) is 61.9 Å². The number of amides is 2. The van der Waals surface area contributed by atoms with Crippen LogP contribution in [-0.4, -0.2) is 53.9 Å². The number of aryl methyl sites for hydroxylation is 1. The van der Waals surface area contributed by atoms with Crippen LogP contribution < -0.4 is 10.1 Å². The number of hydrogen-bond donors (Lipinski definition) is 1. The summed E-state index contributed by atoms with van der Waals surface area (Å²) in [5, 5.41) is 3.21. The number of para-hydroxylation sites is 1. The number of nitrogens with zero attached hydrogens (tertiary/aromatic N) is 2. The highest BCUT2D eigenvalue weighted by Gasteiger charge is 2.33. The van der Waals surface area contributed by atoms with Crippen LogP contribution in [0.25, 0.3) is 0 Å². The van der Waals surface area contributed by atoms with Gasteiger partial charge in [0.25, 0.3) is 0 Å². The Kier molecular flexibility index (Phi) is 9.16. The van der Waals surface area contributed by atoms with Crippen molar-refractivity contribution in [2.75, 3.05) is 31.6 Å². The number of rotatable bonds is 10. The van der Waals surface area contributed by atoms with Gasteiger partial charge >= 0.3 is 0 Å². The van der Waals surface area contributed by atoms with E-state index in [1.807, 2.05) is 61.2 Å². The first-order valence-electron chi connectivity index (χ1n) is 12.1. The highest BCUT2D eigenvalue weighted by Crippen LogP contribution is 2.24. The smallest absolute Gasteiger partial charge is 0.245 e. The predicted molar refractivity (Wildman–Crippen MR) is 132 cm³/mol. The number of likely N-dealkylation sites (tertiary alicyclic amines) is 1. The van der Waals surface area contributed by atoms with Crippen LogP contribution in [0.3, 0.4) is 0 Å². The van der Waals surface area contributed by atoms with E-state index in [0.717, 1.165) is 48.4 Å². The fourth-order valence-corrected chi connectivity index (χ4v) is 4.28. The van der Waals surface area contributed by atoms with Gasteiger partial charge in [0.2, 0.25) is 11.8 Å². The van der Waals surface area contributed by atoms with E-state index >= 15 is 0 Å². The first kappa shape index (κ1) is 24.6. The van der Waals surface area contributed by atoms with Crippen molar-refractivity contribution in [3.05, 3.63) is 59.7 Å². The summed E-state index contributed by atoms with van der Waals surface area (Å²) in [4.78, 5) is 30.4. The molecule has 33 heavy (non-hydrogen) atoms. The Bertz CT molecular complexity index is 916. The molecule has 0 unspecified atom stereocenters. The standard InChI is InChI=1S/C27H37N3O3/c1-4-17-33-25-15-14-22(18-21(25)3)20-30(24-13-9-10-16-29(5-2)27(24)32)26(31)19-28-23-11-7-6-8-12-23/h6-8,11-12,14-15,18,24,28H,4-5,9-10,13,16-17,19-20H2,1-3H3/t24-/m0/s1. The zero-order valence-corrected chi connectivity index (χ0v) is 20.2. The molecule has 0 spiro atoms. The summed E-state index contributed by atoms with van der Waals surface area (Å²) >= 11 is 0. The van der Waals surface area contributed by atoms with E-state index in [2.05, 4.69) is 18.3 Å². The molecule has 3 rings (SSSR count). The van der Waals surface area contributed by atoms with Crippen molar-refractivity contribution in [2.24, 2.45) is 0 Å². The predicted octanol–water partition coefficient (Wildman–Crippen LogP) is 4.63. The number of anilines is 1. The molecule has 0 bridgehead atoms. The van der Waals surface area contributed by atoms with Crippen LogP contribution >= 0.6 is 0 Å². The molecule has 1 aliphatic rings. The van der Waals surface area contributed by atoms with Crippen LogP contribution in [-0.2, 0) is 16.1 Å². The minimum atomic E-state index is -0.436. The van der Waals surface area contributed by atoms with Crippen molar-refractivity contribution >= 4 is 17.5 Å². The fourth-order valence-electron chi connectivity index (χ4n) is 4.28. The fraction of sp³-hybridized carbons (Fsp3) is 0.481. The second-order valence-corrected chi connectivity index (χ2v) is 8.62. The van der Waals surface area contributed by atoms with Gasteiger partial charge < -0.3 is 19.9 Å². The molecule has 0 saturated carbocycles. The summed E-state index contributed by atoms with van der Waals surface area (Å²) in [5.41, 5.74) is 2.93. The maximum atomic E-state index is 13.4. The molecular formula is C27H37N3O3. The minimum Gasteiger partial charge on any atom is -0.493 e. The van der Waals surface area contributed by atoms with Gasteiger partial charge in [-0.2, -0.15) is 0 Å². The number of nitrogens with one attached hydrogen (secondary N) is 1. The minimum absolute atomic E-state index is 0.0580. The molecule has 1 saturated heterocycles. The van der Waals surface area contributed by atoms with Crippen molar-refractivity contribution in [1.82, 2.24) is 9.80 Å². The van der Waals surface area contributed by atoms with Gasteiger partial charge in [0, 0.05) is 25.3 Å². The molecule has 6 heteroatoms. The highest BCUT2D eigenvalue weighted by molar-refractivity contribution is 5.89. The second kappa shape index (κ2) is 12.3. The highest BCUT2D eigenvalue weighted by atomic mass is 16.5. The molecule has 2 aromatic rings. The van der Waals surface area contributed by atoms with Gasteiger partial charge in [-0.15, -0.1) is 0 Å². The first-order valence-corrected chi connectivity index (χ1v) is 12.1. The molecule has 0 aliphatic carbocycles. The molecule has 1 heterocycles. The quantitative estimate of drug-likeness (QED) is 0.572. The lowest BCUT2D eigenvalue weighted by Crippen LogP contribution is -2.51. The first-order chi connectivity index (χ1) is 16.0. The SMILES string of the molecule is CCCOc1ccc(CN(C(=O)CNc2ccccc2)[C@H]2CCCCN(CC)C2=O)cc1C. The van der Waals surface area contributed by atoms with Crippen molar-refractivity contribution in [1.29, 1.82) is 0 Å². The molecule has 0 aromatic heterocycles. The van der Waals surface area contributed by atoms with Gasteiger partial charge in [-0.1, -0.05) is 37.3 Å². The maximum Gasteiger partial charge on any atom is 0.245 e. The van der Waals surface area contributed by atoms with Crippen molar-refractivity contribution in [3.8, 4) is 5.75 Å². The lowest BCUT2D eigenvalue weighted by molar-refractivity contribution is -0.145. The van der Waals surface area contributed by atoms with Crippen LogP contribution in [0.4, 0.5) is 5.69 Å². The van der Waals surface area contributed by atoms with Crippen molar-refractivity contribution < 1.29 is 14.3 Å². The second-order valence-electron chi connectivity index (χ2n) is 8.62. The summed E-state index contributed by atoms with van der Waals surface area (Å²) in [6.07, 6.45) is 3.56. The van der Waals surface area contributed by atoms with Crippen LogP contribution in [0.1, 0.15) is 50.7 Å². The molecule has 0 radical (unpaired) electrons. The van der Waals surface area contributed by atoms with Gasteiger partial charge in [0.15, 0.2) is 0 Å². The molecule has 1 N–H and O–H groups in total. The van der Waals surface area contributed by atoms with Crippen LogP contribution in [0.5, 0.6) is 5.75 Å². The Hall–Kier alpha value is -3.02. The Balaban J connectivity index is 1.82. The van der Waals surface area contributed by atoms with Crippen LogP contribution in [0.15, 0.2) is 48.5 Å². The van der Waals surface area contributed by atoms with Gasteiger partial charge in [-0.05, 0) is 68.9 Å². The zero-order valence-electron chi connectivity index (χ0n) is 20.2. The monoisotopic (exact) mass is 451 g/mol. The average Bonchev–Trinajstić information content (AvgIpc) is 3.02. The van der Waals surface area contributed by atoms with Gasteiger partial charge in [0.05, 0.1) is 13.2 Å². The summed E-state index contributed by atoms with van der Waals surface area (Å²) in [5.74, 6) is 0.855. The van der Waals surface area contributed by atoms with E-state index in [1.54, 1.807) is 4.90 Å². The Morgan fingerprint density at radius 1 is 1.15 bits per heavy atom. The lowest BCUT2D eigenvalue weighted by Gasteiger charge is -2.33. The lowest BCUT2D eigenvalue weighted by atomic mass is 10.1. The Morgan fingerprint density at radius 3 is 2.64 bits per heavy atom. The molecule has 1 atom stereocenters. The van der Waals surface area contributed by atoms with Crippen LogP contribution in [0, 0.1) is 6.92 Å². The molecule has 1 aliphatic heterocycles. The third-order valence-electron chi connectivity index (χ3n) is 6.10. The number of hydrogen-bond acceptors (Lipinski definition) is 4. The van der Waals surface area contributed by atoms with Gasteiger partial charge in [-0.3, -0.25) is 9.59 Å². The summed E-state index contributed by atoms with van der Waals surface area (Å²) in [6, 6.07) is 15.3. The summed E-state index contributed by atoms with van der Waals surface area (Å²) in [6.45, 7) is 8.77. The largest absolute Gasteiger partial charge is 0.493 e. The Labute approximate surface area is 197 Å². The number of carbonyl (C=O) groups excluding carboxylic acids is 2. The summed E-state index contributed by atoms with van der Waals surface area (Å²) < 4.78 is 5.81. The number of carbonyl (C=O) groups is 2. The van der Waals surface area contributed by atoms with Crippen molar-refractivity contribution in [2.45, 2.75) is 59.0 Å². The van der Waals surface area contributed by atoms with Gasteiger partial charge in [0.1, 0.15) is 11.8 Å². The van der Waals surface area contributed by atoms with Crippen LogP contribution in [0.2, 0.25) is 0 Å². The zero-order chi connectivity index (χ0) is 23.6. The number of ether oxygens (including phenoxy) is 1. The van der Waals surface area contributed by atoms with E-state index < -0.39 is 6.04 Å². The summed E-state index contributed by atoms with van der Waals surface area (Å²) in [7, 11) is 0. The van der Waals surface area contributed by atoms with E-state index in [1.165, 1.54) is 0 Å². The number of likely N-dealkylation sites (N-methyl/N-ethyl adjacent to an activating group) is 1. The normalized spacial score (nSPS) is 16.3. The molecular weight excluding hydrogens is 414 g/mol. The van der Waals surface area contributed by atoms with E-state index in [-0.39, 0.29) is 18.4 Å².